The number of halogens is 1. The average molecular weight is 505 g/mol. The van der Waals surface area contributed by atoms with Gasteiger partial charge in [0.2, 0.25) is 5.91 Å². The number of carbonyl (C=O) groups is 2. The smallest absolute Gasteiger partial charge is 0.268 e. The topological polar surface area (TPSA) is 84.4 Å². The van der Waals surface area contributed by atoms with Gasteiger partial charge in [-0.05, 0) is 68.4 Å². The molecule has 4 aromatic rings. The number of nitrogens with one attached hydrogen (secondary N) is 1. The minimum atomic E-state index is -0.701. The summed E-state index contributed by atoms with van der Waals surface area (Å²) in [4.78, 5) is 37.5. The number of amides is 2. The van der Waals surface area contributed by atoms with Crippen molar-refractivity contribution >= 4 is 46.1 Å². The van der Waals surface area contributed by atoms with Crippen molar-refractivity contribution in [2.75, 3.05) is 16.8 Å². The summed E-state index contributed by atoms with van der Waals surface area (Å²) in [5.74, 6) is -0.0727. The number of carbonyl (C=O) groups excluding carboxylic acids is 2. The molecule has 0 fully saturated rings. The van der Waals surface area contributed by atoms with Crippen LogP contribution in [-0.2, 0) is 9.59 Å². The van der Waals surface area contributed by atoms with E-state index in [-0.39, 0.29) is 18.4 Å². The second kappa shape index (κ2) is 9.48. The number of benzene rings is 2. The summed E-state index contributed by atoms with van der Waals surface area (Å²) >= 11 is 7.48. The zero-order chi connectivity index (χ0) is 24.5. The van der Waals surface area contributed by atoms with Crippen LogP contribution in [0.5, 0.6) is 5.75 Å². The van der Waals surface area contributed by atoms with E-state index in [2.05, 4.69) is 10.3 Å². The number of aryl methyl sites for hydroxylation is 1. The molecule has 35 heavy (non-hydrogen) atoms. The van der Waals surface area contributed by atoms with E-state index in [4.69, 9.17) is 21.3 Å². The molecule has 1 aliphatic rings. The maximum absolute atomic E-state index is 13.0. The summed E-state index contributed by atoms with van der Waals surface area (Å²) in [6.45, 7) is 3.52. The zero-order valence-electron chi connectivity index (χ0n) is 19.0. The molecule has 176 valence electrons. The van der Waals surface area contributed by atoms with E-state index in [0.717, 1.165) is 26.8 Å². The monoisotopic (exact) mass is 504 g/mol. The van der Waals surface area contributed by atoms with Crippen molar-refractivity contribution in [3.8, 4) is 27.7 Å². The van der Waals surface area contributed by atoms with Gasteiger partial charge in [0.25, 0.3) is 5.91 Å². The first kappa shape index (κ1) is 23.0. The zero-order valence-corrected chi connectivity index (χ0v) is 20.6. The van der Waals surface area contributed by atoms with Crippen molar-refractivity contribution in [3.63, 3.8) is 0 Å². The minimum Gasteiger partial charge on any atom is -0.479 e. The summed E-state index contributed by atoms with van der Waals surface area (Å²) in [7, 11) is 0. The normalized spacial score (nSPS) is 14.9. The molecule has 0 spiro atoms. The van der Waals surface area contributed by atoms with Crippen LogP contribution in [-0.4, -0.2) is 34.4 Å². The molecule has 3 heterocycles. The largest absolute Gasteiger partial charge is 0.479 e. The van der Waals surface area contributed by atoms with Gasteiger partial charge in [0.05, 0.1) is 17.1 Å². The number of aromatic nitrogens is 2. The van der Waals surface area contributed by atoms with Crippen LogP contribution in [0, 0.1) is 6.92 Å². The molecule has 1 atom stereocenters. The predicted octanol–water partition coefficient (Wildman–Crippen LogP) is 5.59. The van der Waals surface area contributed by atoms with Crippen LogP contribution in [0.4, 0.5) is 11.4 Å². The third-order valence-electron chi connectivity index (χ3n) is 5.55. The Bertz CT molecular complexity index is 1410. The summed E-state index contributed by atoms with van der Waals surface area (Å²) in [5, 5.41) is 4.20. The molecule has 7 nitrogen and oxygen atoms in total. The van der Waals surface area contributed by atoms with Crippen LogP contribution < -0.4 is 15.0 Å². The third-order valence-corrected chi connectivity index (χ3v) is 6.80. The molecule has 2 aromatic carbocycles. The van der Waals surface area contributed by atoms with Crippen molar-refractivity contribution in [3.05, 3.63) is 76.8 Å². The molecule has 0 bridgehead atoms. The summed E-state index contributed by atoms with van der Waals surface area (Å²) in [6, 6.07) is 18.1. The maximum Gasteiger partial charge on any atom is 0.268 e. The van der Waals surface area contributed by atoms with Crippen LogP contribution >= 0.6 is 22.9 Å². The SMILES string of the molecule is Cc1sc(-c2ccccn2)nc1-c1ccc2c(c1)N(CC(=O)Nc1ccc(Cl)cc1)C(=O)C(C)O2. The number of nitrogens with zero attached hydrogens (tertiary/aromatic N) is 3. The number of anilines is 2. The molecule has 2 amide bonds. The lowest BCUT2D eigenvalue weighted by Crippen LogP contribution is -2.47. The Labute approximate surface area is 211 Å². The maximum atomic E-state index is 13.0. The van der Waals surface area contributed by atoms with E-state index in [1.165, 1.54) is 4.90 Å². The highest BCUT2D eigenvalue weighted by atomic mass is 35.5. The molecule has 0 aliphatic carbocycles. The lowest BCUT2D eigenvalue weighted by molar-refractivity contribution is -0.127. The van der Waals surface area contributed by atoms with Gasteiger partial charge in [-0.15, -0.1) is 11.3 Å². The average Bonchev–Trinajstić information content (AvgIpc) is 3.25. The van der Waals surface area contributed by atoms with Gasteiger partial charge >= 0.3 is 0 Å². The Morgan fingerprint density at radius 1 is 1.17 bits per heavy atom. The van der Waals surface area contributed by atoms with Gasteiger partial charge in [-0.1, -0.05) is 17.7 Å². The lowest BCUT2D eigenvalue weighted by Gasteiger charge is -2.33. The number of fused-ring (bicyclic) bond motifs is 1. The Hall–Kier alpha value is -3.75. The van der Waals surface area contributed by atoms with Gasteiger partial charge in [-0.2, -0.15) is 0 Å². The molecule has 0 saturated heterocycles. The first-order chi connectivity index (χ1) is 16.9. The van der Waals surface area contributed by atoms with Crippen molar-refractivity contribution in [2.24, 2.45) is 0 Å². The number of pyridine rings is 1. The van der Waals surface area contributed by atoms with Crippen molar-refractivity contribution in [2.45, 2.75) is 20.0 Å². The summed E-state index contributed by atoms with van der Waals surface area (Å²) in [5.41, 5.74) is 3.56. The fraction of sp³-hybridized carbons (Fsp3) is 0.154. The highest BCUT2D eigenvalue weighted by Crippen LogP contribution is 2.40. The molecule has 0 saturated carbocycles. The minimum absolute atomic E-state index is 0.152. The van der Waals surface area contributed by atoms with Gasteiger partial charge in [0.15, 0.2) is 6.10 Å². The summed E-state index contributed by atoms with van der Waals surface area (Å²) in [6.07, 6.45) is 1.04. The van der Waals surface area contributed by atoms with E-state index in [9.17, 15) is 9.59 Å². The Morgan fingerprint density at radius 3 is 2.71 bits per heavy atom. The number of hydrogen-bond donors (Lipinski definition) is 1. The Morgan fingerprint density at radius 2 is 1.97 bits per heavy atom. The first-order valence-corrected chi connectivity index (χ1v) is 12.1. The van der Waals surface area contributed by atoms with Crippen LogP contribution in [0.1, 0.15) is 11.8 Å². The van der Waals surface area contributed by atoms with E-state index in [0.29, 0.717) is 22.1 Å². The number of hydrogen-bond acceptors (Lipinski definition) is 6. The third kappa shape index (κ3) is 4.76. The van der Waals surface area contributed by atoms with E-state index in [1.807, 2.05) is 43.3 Å². The quantitative estimate of drug-likeness (QED) is 0.383. The second-order valence-corrected chi connectivity index (χ2v) is 9.70. The molecule has 1 N–H and O–H groups in total. The number of rotatable bonds is 5. The predicted molar refractivity (Wildman–Crippen MR) is 138 cm³/mol. The van der Waals surface area contributed by atoms with Crippen molar-refractivity contribution in [1.82, 2.24) is 9.97 Å². The number of ether oxygens (including phenoxy) is 1. The van der Waals surface area contributed by atoms with Crippen LogP contribution in [0.15, 0.2) is 66.9 Å². The molecular formula is C26H21ClN4O3S. The molecule has 1 aliphatic heterocycles. The highest BCUT2D eigenvalue weighted by Gasteiger charge is 2.33. The second-order valence-electron chi connectivity index (χ2n) is 8.06. The highest BCUT2D eigenvalue weighted by molar-refractivity contribution is 7.15. The Balaban J connectivity index is 1.45. The molecule has 0 radical (unpaired) electrons. The van der Waals surface area contributed by atoms with Gasteiger partial charge in [0, 0.05) is 27.3 Å². The van der Waals surface area contributed by atoms with Crippen LogP contribution in [0.3, 0.4) is 0 Å². The van der Waals surface area contributed by atoms with Crippen LogP contribution in [0.25, 0.3) is 22.0 Å². The first-order valence-electron chi connectivity index (χ1n) is 11.0. The van der Waals surface area contributed by atoms with Gasteiger partial charge < -0.3 is 10.1 Å². The van der Waals surface area contributed by atoms with Crippen molar-refractivity contribution < 1.29 is 14.3 Å². The molecular weight excluding hydrogens is 484 g/mol. The van der Waals surface area contributed by atoms with E-state index >= 15 is 0 Å². The van der Waals surface area contributed by atoms with Gasteiger partial charge in [-0.3, -0.25) is 19.5 Å². The molecule has 9 heteroatoms. The van der Waals surface area contributed by atoms with E-state index < -0.39 is 6.10 Å². The fourth-order valence-corrected chi connectivity index (χ4v) is 4.90. The standard InChI is InChI=1S/C26H21ClN4O3S/c1-15-26(33)31(14-23(32)29-19-9-7-18(27)8-10-19)21-13-17(6-11-22(21)34-15)24-16(2)35-25(30-24)20-5-3-4-12-28-20/h3-13,15H,14H2,1-2H3,(H,29,32). The van der Waals surface area contributed by atoms with Crippen molar-refractivity contribution in [1.29, 1.82) is 0 Å². The molecule has 5 rings (SSSR count). The lowest BCUT2D eigenvalue weighted by atomic mass is 10.1. The van der Waals surface area contributed by atoms with Gasteiger partial charge in [-0.25, -0.2) is 4.98 Å². The summed E-state index contributed by atoms with van der Waals surface area (Å²) < 4.78 is 5.82. The van der Waals surface area contributed by atoms with Gasteiger partial charge in [0.1, 0.15) is 17.3 Å². The molecule has 1 unspecified atom stereocenters. The molecule has 2 aromatic heterocycles. The number of thiazole rings is 1. The van der Waals surface area contributed by atoms with E-state index in [1.54, 1.807) is 48.7 Å². The fourth-order valence-electron chi connectivity index (χ4n) is 3.86. The van der Waals surface area contributed by atoms with Crippen LogP contribution in [0.2, 0.25) is 5.02 Å². The Kier molecular flexibility index (Phi) is 6.23.